The number of carbonyl (C=O) groups excluding carboxylic acids is 2. The van der Waals surface area contributed by atoms with E-state index in [1.165, 1.54) is 45.1 Å². The highest BCUT2D eigenvalue weighted by Crippen LogP contribution is 2.41. The summed E-state index contributed by atoms with van der Waals surface area (Å²) in [6.45, 7) is 1.79. The molecular weight excluding hydrogens is 422 g/mol. The number of β-lactam (4-membered cyclic amide) rings is 1. The van der Waals surface area contributed by atoms with Crippen molar-refractivity contribution in [2.75, 3.05) is 11.5 Å². The summed E-state index contributed by atoms with van der Waals surface area (Å²) in [5.41, 5.74) is 11.3. The van der Waals surface area contributed by atoms with Crippen molar-refractivity contribution >= 4 is 47.1 Å². The van der Waals surface area contributed by atoms with Crippen LogP contribution in [0.2, 0.25) is 0 Å². The molecule has 4 rings (SSSR count). The average molecular weight is 439 g/mol. The second kappa shape index (κ2) is 7.38. The van der Waals surface area contributed by atoms with Crippen molar-refractivity contribution < 1.29 is 24.7 Å². The van der Waals surface area contributed by atoms with Gasteiger partial charge in [-0.25, -0.2) is 30.1 Å². The number of hydrogen-bond donors (Lipinski definition) is 5. The smallest absolute Gasteiger partial charge is 0.361 e. The lowest BCUT2D eigenvalue weighted by Crippen LogP contribution is -2.68. The number of hydroxylamine groups is 1. The summed E-state index contributed by atoms with van der Waals surface area (Å²) in [5, 5.41) is 21.3. The number of fused-ring (bicyclic) bond motifs is 2. The van der Waals surface area contributed by atoms with Crippen LogP contribution >= 0.6 is 23.5 Å². The van der Waals surface area contributed by atoms with Crippen molar-refractivity contribution in [1.82, 2.24) is 25.9 Å². The number of carboxylic acids is 1. The molecule has 3 amide bonds. The molecule has 14 heteroatoms. The summed E-state index contributed by atoms with van der Waals surface area (Å²) < 4.78 is 0. The van der Waals surface area contributed by atoms with Crippen molar-refractivity contribution in [1.29, 1.82) is 0 Å². The Bertz CT molecular complexity index is 930. The molecule has 4 aliphatic heterocycles. The number of amides is 3. The maximum atomic E-state index is 12.0. The molecule has 12 nitrogen and oxygen atoms in total. The second-order valence-electron chi connectivity index (χ2n) is 6.43. The number of thioether (sulfide) groups is 2. The molecule has 0 aromatic heterocycles. The third-order valence-corrected chi connectivity index (χ3v) is 6.97. The first-order chi connectivity index (χ1) is 13.8. The Labute approximate surface area is 173 Å². The number of aliphatic imine (C=N–C) groups is 1. The molecule has 0 aliphatic carbocycles. The number of carboxylic acid groups (broad SMARTS) is 1. The lowest BCUT2D eigenvalue weighted by atomic mass is 10.0. The fourth-order valence-electron chi connectivity index (χ4n) is 3.17. The van der Waals surface area contributed by atoms with E-state index in [1.807, 2.05) is 0 Å². The van der Waals surface area contributed by atoms with Gasteiger partial charge in [0.15, 0.2) is 5.82 Å². The Morgan fingerprint density at radius 3 is 2.97 bits per heavy atom. The Hall–Kier alpha value is -2.52. The van der Waals surface area contributed by atoms with Crippen LogP contribution in [0.15, 0.2) is 39.4 Å². The van der Waals surface area contributed by atoms with Crippen molar-refractivity contribution in [2.45, 2.75) is 18.3 Å². The van der Waals surface area contributed by atoms with Crippen LogP contribution < -0.4 is 16.7 Å². The maximum Gasteiger partial charge on any atom is 0.361 e. The molecule has 1 saturated heterocycles. The zero-order valence-electron chi connectivity index (χ0n) is 15.0. The molecule has 0 aromatic carbocycles. The van der Waals surface area contributed by atoms with Crippen molar-refractivity contribution in [3.8, 4) is 0 Å². The predicted molar refractivity (Wildman–Crippen MR) is 105 cm³/mol. The molecule has 0 unspecified atom stereocenters. The zero-order chi connectivity index (χ0) is 20.9. The van der Waals surface area contributed by atoms with Crippen LogP contribution in [0.25, 0.3) is 0 Å². The van der Waals surface area contributed by atoms with E-state index in [0.717, 1.165) is 5.01 Å². The van der Waals surface area contributed by atoms with E-state index in [0.29, 0.717) is 33.6 Å². The maximum absolute atomic E-state index is 12.0. The summed E-state index contributed by atoms with van der Waals surface area (Å²) in [6.07, 6.45) is 3.19. The Balaban J connectivity index is 1.53. The number of nitrogens with zero attached hydrogens (tertiary/aromatic N) is 4. The van der Waals surface area contributed by atoms with Crippen LogP contribution in [0.3, 0.4) is 0 Å². The standard InChI is InChI=1S/C15H17N7O5S2/c1-6-2-9(22-8(17-6)3-20(19-22)15(26)18-27)28-4-7-5-29-13-10(16)12(23)21(13)11(7)14(24)25/h2-3,10,13,19,27H,4-5,16H2,1H3,(H,18,26)(H,24,25)/t10-,13-/m1/s1. The van der Waals surface area contributed by atoms with Gasteiger partial charge in [0, 0.05) is 17.2 Å². The number of carbonyl (C=O) groups is 3. The Kier molecular flexibility index (Phi) is 5.04. The number of nitrogens with one attached hydrogen (secondary N) is 2. The summed E-state index contributed by atoms with van der Waals surface area (Å²) in [6, 6.07) is -1.46. The molecule has 2 atom stereocenters. The minimum absolute atomic E-state index is 0.0128. The molecular formula is C15H17N7O5S2. The highest BCUT2D eigenvalue weighted by molar-refractivity contribution is 8.03. The molecule has 1 fully saturated rings. The fraction of sp³-hybridized carbons (Fsp3) is 0.333. The van der Waals surface area contributed by atoms with Gasteiger partial charge in [0.05, 0.1) is 11.2 Å². The highest BCUT2D eigenvalue weighted by Gasteiger charge is 2.51. The van der Waals surface area contributed by atoms with Gasteiger partial charge < -0.3 is 10.8 Å². The van der Waals surface area contributed by atoms with Crippen molar-refractivity contribution in [3.05, 3.63) is 34.4 Å². The fourth-order valence-corrected chi connectivity index (χ4v) is 5.67. The lowest BCUT2D eigenvalue weighted by molar-refractivity contribution is -0.147. The van der Waals surface area contributed by atoms with E-state index < -0.39 is 18.0 Å². The molecule has 6 N–H and O–H groups in total. The molecule has 0 saturated carbocycles. The molecule has 154 valence electrons. The predicted octanol–water partition coefficient (Wildman–Crippen LogP) is -0.448. The molecule has 0 bridgehead atoms. The van der Waals surface area contributed by atoms with Gasteiger partial charge >= 0.3 is 12.0 Å². The molecule has 0 spiro atoms. The van der Waals surface area contributed by atoms with Crippen LogP contribution in [0, 0.1) is 0 Å². The van der Waals surface area contributed by atoms with Gasteiger partial charge in [-0.05, 0) is 18.6 Å². The molecule has 29 heavy (non-hydrogen) atoms. The quantitative estimate of drug-likeness (QED) is 0.220. The Morgan fingerprint density at radius 2 is 2.28 bits per heavy atom. The normalized spacial score (nSPS) is 25.7. The second-order valence-corrected chi connectivity index (χ2v) is 8.53. The van der Waals surface area contributed by atoms with Gasteiger partial charge in [0.1, 0.15) is 17.1 Å². The number of hydrazine groups is 2. The first-order valence-electron chi connectivity index (χ1n) is 8.38. The van der Waals surface area contributed by atoms with E-state index in [1.54, 1.807) is 13.0 Å². The zero-order valence-corrected chi connectivity index (χ0v) is 16.7. The van der Waals surface area contributed by atoms with Gasteiger partial charge in [0.25, 0.3) is 0 Å². The third kappa shape index (κ3) is 3.28. The highest BCUT2D eigenvalue weighted by atomic mass is 32.2. The van der Waals surface area contributed by atoms with E-state index in [2.05, 4.69) is 10.5 Å². The first-order valence-corrected chi connectivity index (χ1v) is 10.4. The third-order valence-electron chi connectivity index (χ3n) is 4.52. The minimum atomic E-state index is -1.16. The van der Waals surface area contributed by atoms with Crippen LogP contribution in [-0.4, -0.2) is 71.8 Å². The van der Waals surface area contributed by atoms with Crippen LogP contribution in [0.4, 0.5) is 4.79 Å². The van der Waals surface area contributed by atoms with Gasteiger partial charge in [-0.15, -0.1) is 29.1 Å². The monoisotopic (exact) mass is 439 g/mol. The number of allylic oxidation sites excluding steroid dienone is 1. The number of nitrogens with two attached hydrogens (primary N) is 1. The summed E-state index contributed by atoms with van der Waals surface area (Å²) in [7, 11) is 0. The number of rotatable bonds is 4. The van der Waals surface area contributed by atoms with Crippen molar-refractivity contribution in [3.63, 3.8) is 0 Å². The van der Waals surface area contributed by atoms with E-state index in [9.17, 15) is 19.5 Å². The van der Waals surface area contributed by atoms with Crippen LogP contribution in [0.1, 0.15) is 6.92 Å². The van der Waals surface area contributed by atoms with Gasteiger partial charge in [0.2, 0.25) is 5.91 Å². The van der Waals surface area contributed by atoms with Crippen molar-refractivity contribution in [2.24, 2.45) is 10.7 Å². The molecule has 0 aromatic rings. The molecule has 0 radical (unpaired) electrons. The topological polar surface area (TPSA) is 164 Å². The summed E-state index contributed by atoms with van der Waals surface area (Å²) in [4.78, 5) is 41.1. The first kappa shape index (κ1) is 19.8. The van der Waals surface area contributed by atoms with E-state index in [4.69, 9.17) is 10.9 Å². The van der Waals surface area contributed by atoms with E-state index >= 15 is 0 Å². The summed E-state index contributed by atoms with van der Waals surface area (Å²) >= 11 is 2.77. The Morgan fingerprint density at radius 1 is 1.52 bits per heavy atom. The van der Waals surface area contributed by atoms with E-state index in [-0.39, 0.29) is 17.0 Å². The number of aliphatic carboxylic acids is 1. The lowest BCUT2D eigenvalue weighted by Gasteiger charge is -2.48. The number of urea groups is 1. The summed E-state index contributed by atoms with van der Waals surface area (Å²) in [5.74, 6) is -0.347. The SMILES string of the molecule is CC1=NC2=CN(C(=O)NO)NN2C(SCC2=C(C(=O)O)N3C(=O)[C@@H](N)[C@H]3SC2)=C1. The van der Waals surface area contributed by atoms with Crippen LogP contribution in [-0.2, 0) is 9.59 Å². The average Bonchev–Trinajstić information content (AvgIpc) is 3.13. The molecule has 4 aliphatic rings. The van der Waals surface area contributed by atoms with Gasteiger partial charge in [-0.2, -0.15) is 0 Å². The minimum Gasteiger partial charge on any atom is -0.477 e. The van der Waals surface area contributed by atoms with Crippen LogP contribution in [0.5, 0.6) is 0 Å². The number of hydrogen-bond acceptors (Lipinski definition) is 10. The van der Waals surface area contributed by atoms with Gasteiger partial charge in [-0.1, -0.05) is 0 Å². The largest absolute Gasteiger partial charge is 0.477 e. The molecule has 4 heterocycles. The van der Waals surface area contributed by atoms with Gasteiger partial charge in [-0.3, -0.25) is 14.9 Å².